The number of sulfonamides is 4. The largest absolute Gasteiger partial charge is 0.480 e. The van der Waals surface area contributed by atoms with Crippen LogP contribution in [0.25, 0.3) is 8.25 Å². The van der Waals surface area contributed by atoms with Gasteiger partial charge in [-0.1, -0.05) is 0 Å². The normalized spacial score (nSPS) is 14.1. The number of halogens is 12. The van der Waals surface area contributed by atoms with Crippen LogP contribution in [-0.2, 0) is 53.2 Å². The summed E-state index contributed by atoms with van der Waals surface area (Å²) in [6.45, 7) is 3.22. The molecule has 0 aliphatic carbocycles. The summed E-state index contributed by atoms with van der Waals surface area (Å²) in [5.74, 6) is 0. The summed E-state index contributed by atoms with van der Waals surface area (Å²) < 4.78 is 224. The summed E-state index contributed by atoms with van der Waals surface area (Å²) in [5, 5.41) is 8.82. The van der Waals surface area contributed by atoms with Crippen LogP contribution in [0.5, 0.6) is 0 Å². The molecule has 1 heterocycles. The first-order valence-electron chi connectivity index (χ1n) is 11.6. The van der Waals surface area contributed by atoms with Crippen molar-refractivity contribution < 1.29 is 101 Å². The molecule has 0 saturated heterocycles. The molecule has 0 fully saturated rings. The monoisotopic (exact) mass is 801 g/mol. The predicted molar refractivity (Wildman–Crippen MR) is 135 cm³/mol. The molecule has 0 atom stereocenters. The highest BCUT2D eigenvalue weighted by Crippen LogP contribution is 2.37. The topological polar surface area (TPSA) is 194 Å². The zero-order valence-electron chi connectivity index (χ0n) is 23.8. The van der Waals surface area contributed by atoms with Gasteiger partial charge in [-0.3, -0.25) is 0 Å². The second-order valence-electron chi connectivity index (χ2n) is 9.52. The van der Waals surface area contributed by atoms with Gasteiger partial charge in [-0.2, -0.15) is 52.7 Å². The number of aromatic nitrogens is 2. The molecule has 14 nitrogen and oxygen atoms in total. The van der Waals surface area contributed by atoms with Crippen molar-refractivity contribution in [3.8, 4) is 0 Å². The third-order valence-corrected chi connectivity index (χ3v) is 9.89. The van der Waals surface area contributed by atoms with Crippen molar-refractivity contribution in [2.24, 2.45) is 0 Å². The molecule has 0 unspecified atom stereocenters. The van der Waals surface area contributed by atoms with Gasteiger partial charge in [0.05, 0.1) is 40.8 Å². The van der Waals surface area contributed by atoms with Crippen molar-refractivity contribution in [1.82, 2.24) is 4.57 Å². The number of rotatable bonds is 12. The van der Waals surface area contributed by atoms with Crippen LogP contribution in [0.2, 0.25) is 0 Å². The van der Waals surface area contributed by atoms with E-state index in [1.54, 1.807) is 0 Å². The standard InChI is InChI=1S/C13H27N3O.2C2F6NO4S2/c1-16(2,3)11-6-4-5-7-14-8-9-15(13-14)10-12-17;2*3-1(4,5)14(10,11)9-15(12,13)2(6,7)8/h8-9,13,17H,4-7,10-12H2,1-3H3;;/q+2;2*-1. The molecule has 0 amide bonds. The van der Waals surface area contributed by atoms with Crippen molar-refractivity contribution in [2.45, 2.75) is 54.4 Å². The number of quaternary nitrogens is 1. The van der Waals surface area contributed by atoms with Gasteiger partial charge in [0.2, 0.25) is 6.33 Å². The van der Waals surface area contributed by atoms with E-state index in [2.05, 4.69) is 38.2 Å². The maximum Gasteiger partial charge on any atom is 0.480 e. The van der Waals surface area contributed by atoms with Gasteiger partial charge in [0.1, 0.15) is 18.9 Å². The molecule has 0 bridgehead atoms. The van der Waals surface area contributed by atoms with Gasteiger partial charge in [0.25, 0.3) is 0 Å². The van der Waals surface area contributed by atoms with Crippen LogP contribution >= 0.6 is 0 Å². The summed E-state index contributed by atoms with van der Waals surface area (Å²) in [6.07, 6.45) is 9.97. The Kier molecular flexibility index (Phi) is 16.7. The highest BCUT2D eigenvalue weighted by molar-refractivity contribution is 8.13. The van der Waals surface area contributed by atoms with E-state index in [1.165, 1.54) is 25.8 Å². The Morgan fingerprint density at radius 2 is 0.979 bits per heavy atom. The highest BCUT2D eigenvalue weighted by Gasteiger charge is 2.48. The molecule has 0 aliphatic heterocycles. The minimum absolute atomic E-state index is 0.207. The van der Waals surface area contributed by atoms with E-state index in [0.29, 0.717) is 6.54 Å². The number of nitrogens with zero attached hydrogens (tertiary/aromatic N) is 5. The summed E-state index contributed by atoms with van der Waals surface area (Å²) in [7, 11) is -20.2. The Labute approximate surface area is 260 Å². The minimum Gasteiger partial charge on any atom is -0.421 e. The van der Waals surface area contributed by atoms with Crippen LogP contribution in [0.15, 0.2) is 18.7 Å². The number of unbranched alkanes of at least 4 members (excludes halogenated alkanes) is 2. The second-order valence-corrected chi connectivity index (χ2v) is 16.4. The minimum atomic E-state index is -6.72. The smallest absolute Gasteiger partial charge is 0.421 e. The maximum absolute atomic E-state index is 11.4. The quantitative estimate of drug-likeness (QED) is 0.143. The van der Waals surface area contributed by atoms with Gasteiger partial charge in [-0.05, 0) is 19.3 Å². The Hall–Kier alpha value is -1.99. The highest BCUT2D eigenvalue weighted by atomic mass is 32.3. The van der Waals surface area contributed by atoms with Gasteiger partial charge in [0, 0.05) is 0 Å². The predicted octanol–water partition coefficient (Wildman–Crippen LogP) is 2.76. The zero-order valence-corrected chi connectivity index (χ0v) is 27.1. The Morgan fingerprint density at radius 1 is 0.638 bits per heavy atom. The van der Waals surface area contributed by atoms with Gasteiger partial charge in [-0.15, -0.1) is 0 Å². The molecule has 0 aromatic carbocycles. The number of aryl methyl sites for hydroxylation is 1. The summed E-state index contributed by atoms with van der Waals surface area (Å²) >= 11 is 0. The lowest BCUT2D eigenvalue weighted by Crippen LogP contribution is -2.35. The summed E-state index contributed by atoms with van der Waals surface area (Å²) in [4.78, 5) is 0. The maximum atomic E-state index is 11.4. The first-order chi connectivity index (χ1) is 20.4. The molecule has 1 aromatic heterocycles. The first kappa shape index (κ1) is 47.1. The average Bonchev–Trinajstić information content (AvgIpc) is 3.22. The Morgan fingerprint density at radius 3 is 1.26 bits per heavy atom. The van der Waals surface area contributed by atoms with Gasteiger partial charge >= 0.3 is 22.0 Å². The van der Waals surface area contributed by atoms with Gasteiger partial charge in [-0.25, -0.2) is 42.8 Å². The van der Waals surface area contributed by atoms with E-state index >= 15 is 0 Å². The second kappa shape index (κ2) is 16.6. The SMILES string of the molecule is C[N+](C)(C)CCCCC[n+]1ccn(CCO)c1.O=S(=O)([N-]S(=O)(=O)C(F)(F)F)C(F)(F)F.O=S(=O)([N-]S(=O)(=O)C(F)(F)F)C(F)(F)F. The molecule has 282 valence electrons. The van der Waals surface area contributed by atoms with E-state index in [9.17, 15) is 86.4 Å². The van der Waals surface area contributed by atoms with Crippen LogP contribution < -0.4 is 4.57 Å². The number of hydrogen-bond acceptors (Lipinski definition) is 9. The van der Waals surface area contributed by atoms with E-state index in [1.807, 2.05) is 10.8 Å². The molecular formula is C17H27F12N5O9S4. The number of aliphatic hydroxyl groups excluding tert-OH is 1. The van der Waals surface area contributed by atoms with Crippen molar-refractivity contribution in [3.63, 3.8) is 0 Å². The van der Waals surface area contributed by atoms with Gasteiger partial charge in [0.15, 0.2) is 40.1 Å². The third kappa shape index (κ3) is 17.3. The lowest BCUT2D eigenvalue weighted by Gasteiger charge is -2.23. The zero-order chi connectivity index (χ0) is 38.1. The van der Waals surface area contributed by atoms with Crippen LogP contribution in [-0.4, -0.2) is 104 Å². The third-order valence-electron chi connectivity index (χ3n) is 4.41. The van der Waals surface area contributed by atoms with Crippen molar-refractivity contribution in [3.05, 3.63) is 27.0 Å². The van der Waals surface area contributed by atoms with Crippen molar-refractivity contribution in [2.75, 3.05) is 34.3 Å². The summed E-state index contributed by atoms with van der Waals surface area (Å²) in [6, 6.07) is 0. The summed E-state index contributed by atoms with van der Waals surface area (Å²) in [5.41, 5.74) is -24.8. The fraction of sp³-hybridized carbons (Fsp3) is 0.824. The molecule has 1 aromatic rings. The van der Waals surface area contributed by atoms with Crippen LogP contribution in [0.4, 0.5) is 52.7 Å². The fourth-order valence-electron chi connectivity index (χ4n) is 2.30. The molecule has 1 N–H and O–H groups in total. The Balaban J connectivity index is 0. The lowest BCUT2D eigenvalue weighted by molar-refractivity contribution is -0.870. The van der Waals surface area contributed by atoms with E-state index in [-0.39, 0.29) is 6.61 Å². The molecule has 0 radical (unpaired) electrons. The van der Waals surface area contributed by atoms with E-state index in [4.69, 9.17) is 5.11 Å². The first-order valence-corrected chi connectivity index (χ1v) is 17.4. The molecule has 30 heteroatoms. The van der Waals surface area contributed by atoms with Gasteiger partial charge < -0.3 is 17.8 Å². The van der Waals surface area contributed by atoms with E-state index in [0.717, 1.165) is 19.3 Å². The fourth-order valence-corrected chi connectivity index (χ4v) is 5.72. The molecule has 0 spiro atoms. The average molecular weight is 802 g/mol. The number of hydrogen-bond donors (Lipinski definition) is 1. The number of aliphatic hydroxyl groups is 1. The molecule has 0 saturated carbocycles. The number of imidazole rings is 1. The molecule has 0 aliphatic rings. The molecule has 47 heavy (non-hydrogen) atoms. The van der Waals surface area contributed by atoms with Crippen molar-refractivity contribution >= 4 is 40.1 Å². The Bertz CT molecular complexity index is 1390. The molecule has 1 rings (SSSR count). The van der Waals surface area contributed by atoms with E-state index < -0.39 is 62.1 Å². The molecular weight excluding hydrogens is 774 g/mol. The van der Waals surface area contributed by atoms with Crippen LogP contribution in [0.1, 0.15) is 19.3 Å². The van der Waals surface area contributed by atoms with Crippen LogP contribution in [0.3, 0.4) is 0 Å². The lowest BCUT2D eigenvalue weighted by atomic mass is 10.2. The van der Waals surface area contributed by atoms with Crippen LogP contribution in [0, 0.1) is 0 Å². The van der Waals surface area contributed by atoms with Crippen molar-refractivity contribution in [1.29, 1.82) is 0 Å². The number of alkyl halides is 12.